The summed E-state index contributed by atoms with van der Waals surface area (Å²) >= 11 is 0. The first-order chi connectivity index (χ1) is 14.7. The van der Waals surface area contributed by atoms with Crippen LogP contribution in [-0.4, -0.2) is 49.2 Å². The van der Waals surface area contributed by atoms with Gasteiger partial charge in [-0.05, 0) is 79.4 Å². The maximum atomic E-state index is 11.6. The first-order valence-electron chi connectivity index (χ1n) is 12.9. The minimum atomic E-state index is -0.448. The second-order valence-corrected chi connectivity index (χ2v) is 12.6. The third kappa shape index (κ3) is 2.86. The molecule has 176 valence electrons. The molecule has 6 aliphatic rings. The van der Waals surface area contributed by atoms with Crippen LogP contribution in [0.1, 0.15) is 72.6 Å². The van der Waals surface area contributed by atoms with Gasteiger partial charge in [0.05, 0.1) is 32.5 Å². The number of rotatable bonds is 1. The Hall–Kier alpha value is -0.200. The molecule has 5 nitrogen and oxygen atoms in total. The Labute approximate surface area is 187 Å². The molecule has 0 bridgehead atoms. The van der Waals surface area contributed by atoms with Crippen LogP contribution in [0.25, 0.3) is 0 Å². The van der Waals surface area contributed by atoms with Gasteiger partial charge in [-0.1, -0.05) is 20.8 Å². The summed E-state index contributed by atoms with van der Waals surface area (Å²) in [5.74, 6) is 2.22. The average molecular weight is 435 g/mol. The lowest BCUT2D eigenvalue weighted by Gasteiger charge is -2.65. The van der Waals surface area contributed by atoms with Crippen LogP contribution in [0.2, 0.25) is 0 Å². The van der Waals surface area contributed by atoms with Crippen molar-refractivity contribution in [2.24, 2.45) is 46.3 Å². The molecule has 2 aliphatic heterocycles. The molecule has 31 heavy (non-hydrogen) atoms. The van der Waals surface area contributed by atoms with Crippen molar-refractivity contribution in [3.63, 3.8) is 0 Å². The normalized spacial score (nSPS) is 55.1. The summed E-state index contributed by atoms with van der Waals surface area (Å²) in [6, 6.07) is 0. The smallest absolute Gasteiger partial charge is 0.169 e. The van der Waals surface area contributed by atoms with Crippen LogP contribution in [0.5, 0.6) is 0 Å². The highest BCUT2D eigenvalue weighted by Gasteiger charge is 2.68. The highest BCUT2D eigenvalue weighted by atomic mass is 16.7. The molecule has 2 heterocycles. The van der Waals surface area contributed by atoms with E-state index < -0.39 is 5.79 Å². The van der Waals surface area contributed by atoms with E-state index in [2.05, 4.69) is 27.7 Å². The molecule has 6 rings (SSSR count). The van der Waals surface area contributed by atoms with Crippen molar-refractivity contribution in [1.29, 1.82) is 0 Å². The van der Waals surface area contributed by atoms with Crippen LogP contribution in [-0.2, 0) is 18.9 Å². The summed E-state index contributed by atoms with van der Waals surface area (Å²) in [5.41, 5.74) is 0.449. The van der Waals surface area contributed by atoms with Gasteiger partial charge in [0.1, 0.15) is 0 Å². The zero-order valence-electron chi connectivity index (χ0n) is 19.9. The lowest BCUT2D eigenvalue weighted by molar-refractivity contribution is -0.260. The SMILES string of the molecule is C[C@@H]1C[C@@]2(C)C(CCC2C2(C)OCCO2)C2C1[C@@]1(C)CCC3(C[C@H]1C[C@H]2O)OCCO3. The van der Waals surface area contributed by atoms with Crippen molar-refractivity contribution in [3.05, 3.63) is 0 Å². The molecule has 0 aromatic heterocycles. The first kappa shape index (κ1) is 21.3. The van der Waals surface area contributed by atoms with E-state index in [0.29, 0.717) is 48.7 Å². The van der Waals surface area contributed by atoms with Gasteiger partial charge in [0.25, 0.3) is 0 Å². The van der Waals surface area contributed by atoms with E-state index in [1.165, 1.54) is 12.8 Å². The van der Waals surface area contributed by atoms with E-state index in [4.69, 9.17) is 18.9 Å². The quantitative estimate of drug-likeness (QED) is 0.664. The number of ether oxygens (including phenoxy) is 4. The zero-order chi connectivity index (χ0) is 21.6. The summed E-state index contributed by atoms with van der Waals surface area (Å²) in [7, 11) is 0. The highest BCUT2D eigenvalue weighted by molar-refractivity contribution is 5.15. The van der Waals surface area contributed by atoms with Gasteiger partial charge in [-0.25, -0.2) is 0 Å². The Kier molecular flexibility index (Phi) is 4.76. The summed E-state index contributed by atoms with van der Waals surface area (Å²) in [4.78, 5) is 0. The van der Waals surface area contributed by atoms with Crippen LogP contribution < -0.4 is 0 Å². The molecule has 4 unspecified atom stereocenters. The van der Waals surface area contributed by atoms with E-state index in [9.17, 15) is 5.11 Å². The van der Waals surface area contributed by atoms with Crippen molar-refractivity contribution in [2.75, 3.05) is 26.4 Å². The first-order valence-corrected chi connectivity index (χ1v) is 12.9. The second-order valence-electron chi connectivity index (χ2n) is 12.6. The van der Waals surface area contributed by atoms with Gasteiger partial charge in [0.15, 0.2) is 11.6 Å². The van der Waals surface area contributed by atoms with E-state index in [1.54, 1.807) is 0 Å². The van der Waals surface area contributed by atoms with Gasteiger partial charge in [-0.15, -0.1) is 0 Å². The van der Waals surface area contributed by atoms with E-state index in [0.717, 1.165) is 45.3 Å². The van der Waals surface area contributed by atoms with Gasteiger partial charge < -0.3 is 24.1 Å². The largest absolute Gasteiger partial charge is 0.393 e. The van der Waals surface area contributed by atoms with E-state index in [1.807, 2.05) is 0 Å². The molecule has 0 amide bonds. The summed E-state index contributed by atoms with van der Waals surface area (Å²) in [5, 5.41) is 11.6. The molecule has 6 fully saturated rings. The van der Waals surface area contributed by atoms with Crippen molar-refractivity contribution < 1.29 is 24.1 Å². The standard InChI is InChI=1S/C26H42O5/c1-16-14-24(3)18(5-6-20(24)25(4)28-9-10-29-25)21-19(27)13-17-15-26(30-11-12-31-26)8-7-23(17,2)22(16)21/h16-22,27H,5-15H2,1-4H3/t16-,17-,18?,19-,20?,21?,22?,23+,24+/m1/s1. The Balaban J connectivity index is 1.32. The summed E-state index contributed by atoms with van der Waals surface area (Å²) in [6.07, 6.45) is 7.39. The summed E-state index contributed by atoms with van der Waals surface area (Å²) in [6.45, 7) is 12.5. The van der Waals surface area contributed by atoms with Crippen LogP contribution in [0.3, 0.4) is 0 Å². The predicted molar refractivity (Wildman–Crippen MR) is 116 cm³/mol. The fraction of sp³-hybridized carbons (Fsp3) is 1.00. The number of aliphatic hydroxyl groups is 1. The van der Waals surface area contributed by atoms with Crippen molar-refractivity contribution in [3.8, 4) is 0 Å². The lowest BCUT2D eigenvalue weighted by atomic mass is 9.41. The Morgan fingerprint density at radius 1 is 0.806 bits per heavy atom. The number of hydrogen-bond donors (Lipinski definition) is 1. The van der Waals surface area contributed by atoms with Gasteiger partial charge in [0.2, 0.25) is 0 Å². The highest BCUT2D eigenvalue weighted by Crippen LogP contribution is 2.71. The summed E-state index contributed by atoms with van der Waals surface area (Å²) < 4.78 is 24.6. The fourth-order valence-corrected chi connectivity index (χ4v) is 10.2. The second kappa shape index (κ2) is 6.91. The monoisotopic (exact) mass is 434 g/mol. The third-order valence-electron chi connectivity index (χ3n) is 11.2. The van der Waals surface area contributed by atoms with Crippen LogP contribution in [0, 0.1) is 46.3 Å². The maximum absolute atomic E-state index is 11.6. The molecule has 0 aromatic carbocycles. The Morgan fingerprint density at radius 3 is 2.19 bits per heavy atom. The molecule has 5 heteroatoms. The van der Waals surface area contributed by atoms with Crippen LogP contribution in [0.4, 0.5) is 0 Å². The van der Waals surface area contributed by atoms with Crippen LogP contribution >= 0.6 is 0 Å². The van der Waals surface area contributed by atoms with Crippen molar-refractivity contribution >= 4 is 0 Å². The minimum absolute atomic E-state index is 0.178. The molecule has 0 radical (unpaired) electrons. The molecule has 0 aromatic rings. The molecule has 2 saturated heterocycles. The number of hydrogen-bond acceptors (Lipinski definition) is 5. The topological polar surface area (TPSA) is 57.2 Å². The maximum Gasteiger partial charge on any atom is 0.169 e. The van der Waals surface area contributed by atoms with Crippen molar-refractivity contribution in [2.45, 2.75) is 90.3 Å². The minimum Gasteiger partial charge on any atom is -0.393 e. The Morgan fingerprint density at radius 2 is 1.48 bits per heavy atom. The third-order valence-corrected chi connectivity index (χ3v) is 11.2. The van der Waals surface area contributed by atoms with Gasteiger partial charge in [0, 0.05) is 18.8 Å². The van der Waals surface area contributed by atoms with Crippen molar-refractivity contribution in [1.82, 2.24) is 0 Å². The molecular formula is C26H42O5. The molecular weight excluding hydrogens is 392 g/mol. The van der Waals surface area contributed by atoms with Gasteiger partial charge in [-0.2, -0.15) is 0 Å². The molecule has 4 aliphatic carbocycles. The Bertz CT molecular complexity index is 713. The molecule has 1 N–H and O–H groups in total. The average Bonchev–Trinajstić information content (AvgIpc) is 3.42. The number of fused-ring (bicyclic) bond motifs is 5. The molecule has 1 spiro atoms. The van der Waals surface area contributed by atoms with E-state index in [-0.39, 0.29) is 22.7 Å². The van der Waals surface area contributed by atoms with Crippen LogP contribution in [0.15, 0.2) is 0 Å². The number of aliphatic hydroxyl groups excluding tert-OH is 1. The predicted octanol–water partition coefficient (Wildman–Crippen LogP) is 4.37. The van der Waals surface area contributed by atoms with Gasteiger partial charge >= 0.3 is 0 Å². The molecule has 9 atom stereocenters. The lowest BCUT2D eigenvalue weighted by Crippen LogP contribution is -2.63. The fourth-order valence-electron chi connectivity index (χ4n) is 10.2. The van der Waals surface area contributed by atoms with Gasteiger partial charge in [-0.3, -0.25) is 0 Å². The zero-order valence-corrected chi connectivity index (χ0v) is 19.9. The molecule has 4 saturated carbocycles. The van der Waals surface area contributed by atoms with E-state index >= 15 is 0 Å².